The molecule has 0 heterocycles. The predicted molar refractivity (Wildman–Crippen MR) is 253 cm³/mol. The van der Waals surface area contributed by atoms with E-state index in [-0.39, 0.29) is 5.92 Å². The van der Waals surface area contributed by atoms with Crippen molar-refractivity contribution in [2.45, 2.75) is 207 Å². The highest BCUT2D eigenvalue weighted by Crippen LogP contribution is 2.61. The van der Waals surface area contributed by atoms with Crippen LogP contribution in [0, 0.1) is 52.3 Å². The Morgan fingerprint density at radius 3 is 1.59 bits per heavy atom. The zero-order valence-corrected chi connectivity index (χ0v) is 39.9. The molecule has 0 amide bonds. The summed E-state index contributed by atoms with van der Waals surface area (Å²) in [5, 5.41) is 60.6. The molecule has 6 rings (SSSR count). The van der Waals surface area contributed by atoms with Gasteiger partial charge in [0.1, 0.15) is 0 Å². The van der Waals surface area contributed by atoms with Crippen LogP contribution in [-0.4, -0.2) is 66.3 Å². The molecule has 13 atom stereocenters. The highest BCUT2D eigenvalue weighted by molar-refractivity contribution is 5.40. The van der Waals surface area contributed by atoms with Crippen LogP contribution < -0.4 is 0 Å². The first-order valence-electron chi connectivity index (χ1n) is 24.5. The number of hydrogen-bond donors (Lipinski definition) is 6. The Morgan fingerprint density at radius 2 is 1.13 bits per heavy atom. The lowest BCUT2D eigenvalue weighted by Crippen LogP contribution is -2.36. The second-order valence-corrected chi connectivity index (χ2v) is 22.7. The second kappa shape index (κ2) is 20.4. The molecule has 0 radical (unpaired) electrons. The summed E-state index contributed by atoms with van der Waals surface area (Å²) in [6, 6.07) is 0. The van der Waals surface area contributed by atoms with Crippen LogP contribution in [0.5, 0.6) is 0 Å². The molecule has 61 heavy (non-hydrogen) atoms. The lowest BCUT2D eigenvalue weighted by Gasteiger charge is -2.44. The molecule has 1 unspecified atom stereocenters. The lowest BCUT2D eigenvalue weighted by atomic mass is 9.60. The number of allylic oxidation sites excluding steroid dienone is 7. The predicted octanol–water partition coefficient (Wildman–Crippen LogP) is 11.4. The van der Waals surface area contributed by atoms with Gasteiger partial charge in [0.05, 0.1) is 35.6 Å². The third kappa shape index (κ3) is 12.2. The van der Waals surface area contributed by atoms with Crippen LogP contribution in [0.2, 0.25) is 0 Å². The maximum atomic E-state index is 10.3. The third-order valence-electron chi connectivity index (χ3n) is 17.2. The van der Waals surface area contributed by atoms with Gasteiger partial charge in [0.15, 0.2) is 0 Å². The molecule has 344 valence electrons. The minimum Gasteiger partial charge on any atom is -0.393 e. The summed E-state index contributed by atoms with van der Waals surface area (Å²) in [6.07, 6.45) is 28.8. The number of aliphatic hydroxyl groups excluding tert-OH is 4. The molecule has 0 aromatic heterocycles. The van der Waals surface area contributed by atoms with Crippen molar-refractivity contribution in [3.63, 3.8) is 0 Å². The number of rotatable bonds is 11. The fourth-order valence-corrected chi connectivity index (χ4v) is 13.1. The molecule has 0 aromatic rings. The van der Waals surface area contributed by atoms with E-state index < -0.39 is 35.6 Å². The van der Waals surface area contributed by atoms with Crippen molar-refractivity contribution >= 4 is 0 Å². The number of aliphatic hydroxyl groups is 6. The molecule has 0 bridgehead atoms. The van der Waals surface area contributed by atoms with E-state index in [9.17, 15) is 30.6 Å². The van der Waals surface area contributed by atoms with Gasteiger partial charge in [-0.05, 0) is 180 Å². The fourth-order valence-electron chi connectivity index (χ4n) is 13.1. The normalized spacial score (nSPS) is 39.1. The summed E-state index contributed by atoms with van der Waals surface area (Å²) >= 11 is 0. The summed E-state index contributed by atoms with van der Waals surface area (Å²) in [4.78, 5) is 0. The van der Waals surface area contributed by atoms with Crippen LogP contribution in [-0.2, 0) is 0 Å². The zero-order valence-electron chi connectivity index (χ0n) is 39.9. The van der Waals surface area contributed by atoms with Crippen molar-refractivity contribution in [1.29, 1.82) is 0 Å². The molecule has 6 aliphatic carbocycles. The van der Waals surface area contributed by atoms with E-state index in [1.54, 1.807) is 5.57 Å². The van der Waals surface area contributed by atoms with Crippen molar-refractivity contribution in [1.82, 2.24) is 0 Å². The van der Waals surface area contributed by atoms with Crippen molar-refractivity contribution in [2.24, 2.45) is 52.3 Å². The molecule has 0 aliphatic heterocycles. The number of fused-ring (bicyclic) bond motifs is 2. The first kappa shape index (κ1) is 49.9. The smallest absolute Gasteiger partial charge is 0.0811 e. The van der Waals surface area contributed by atoms with Crippen LogP contribution in [0.3, 0.4) is 0 Å². The molecule has 6 fully saturated rings. The molecule has 6 aliphatic rings. The zero-order chi connectivity index (χ0) is 45.1. The molecule has 6 N–H and O–H groups in total. The van der Waals surface area contributed by atoms with E-state index in [4.69, 9.17) is 0 Å². The van der Waals surface area contributed by atoms with Gasteiger partial charge in [0.25, 0.3) is 0 Å². The summed E-state index contributed by atoms with van der Waals surface area (Å²) in [5.41, 5.74) is 6.10. The van der Waals surface area contributed by atoms with E-state index in [0.29, 0.717) is 66.1 Å². The molecular weight excluding hydrogens is 757 g/mol. The average Bonchev–Trinajstić information content (AvgIpc) is 3.72. The first-order valence-corrected chi connectivity index (χ1v) is 24.5. The molecule has 6 nitrogen and oxygen atoms in total. The van der Waals surface area contributed by atoms with Gasteiger partial charge in [-0.2, -0.15) is 0 Å². The highest BCUT2D eigenvalue weighted by atomic mass is 16.3. The van der Waals surface area contributed by atoms with E-state index in [1.807, 2.05) is 27.7 Å². The van der Waals surface area contributed by atoms with Gasteiger partial charge in [-0.25, -0.2) is 0 Å². The standard InChI is InChI=1S/C28H44O3.C27H44O3/c1-18(9-10-19(2)27(4,5)31)24-13-14-25-21(8-7-15-28(24,25)6)11-12-22-16-23(29)17-26(30)20(22)3;1-18(8-6-14-26(3,4)30)23-12-13-24-20(9-7-15-27(23,24)5)10-11-21-16-22(28)17-25(29)19(21)2/h9-12,18-19,23-26,29-31H,3,7-8,13-17H2,1-2,4-6H3;10-11,18,22-25,28-30H,2,6-9,12-17H2,1,3-5H3/b10-9+,21-11+,22-12-;20-10+,21-11-/t18-,19+,23-,24-,25+,26?,28-;18-,22-,23-,24+,25+,27-/m11/s1. The van der Waals surface area contributed by atoms with Gasteiger partial charge in [-0.3, -0.25) is 0 Å². The minimum atomic E-state index is -0.684. The van der Waals surface area contributed by atoms with Gasteiger partial charge in [-0.1, -0.05) is 108 Å². The molecule has 0 saturated heterocycles. The van der Waals surface area contributed by atoms with E-state index in [0.717, 1.165) is 47.5 Å². The van der Waals surface area contributed by atoms with E-state index in [1.165, 1.54) is 69.8 Å². The van der Waals surface area contributed by atoms with Gasteiger partial charge in [0.2, 0.25) is 0 Å². The van der Waals surface area contributed by atoms with Crippen LogP contribution in [0.4, 0.5) is 0 Å². The average molecular weight is 845 g/mol. The molecule has 0 aromatic carbocycles. The summed E-state index contributed by atoms with van der Waals surface area (Å²) in [7, 11) is 0. The minimum absolute atomic E-state index is 0.141. The van der Waals surface area contributed by atoms with Crippen molar-refractivity contribution < 1.29 is 30.6 Å². The van der Waals surface area contributed by atoms with Crippen molar-refractivity contribution in [2.75, 3.05) is 0 Å². The Hall–Kier alpha value is -2.06. The van der Waals surface area contributed by atoms with E-state index >= 15 is 0 Å². The molecular formula is C55H88O6. The van der Waals surface area contributed by atoms with Gasteiger partial charge in [-0.15, -0.1) is 0 Å². The Balaban J connectivity index is 0.000000231. The van der Waals surface area contributed by atoms with Gasteiger partial charge >= 0.3 is 0 Å². The van der Waals surface area contributed by atoms with Gasteiger partial charge < -0.3 is 30.6 Å². The number of hydrogen-bond acceptors (Lipinski definition) is 6. The van der Waals surface area contributed by atoms with Crippen LogP contribution in [0.1, 0.15) is 171 Å². The SMILES string of the molecule is C=C1/C(=C\C=C2/CCC[C@]3(C)[C@@H]([C@H](C)/C=C/[C@H](C)C(C)(C)O)CC[C@@H]23)C[C@@H](O)CC1O.C=C1/C(=C\C=C2/CCC[C@]3(C)[C@@H]([C@H](C)CCCC(C)(C)O)CC[C@@H]23)C[C@@H](O)C[C@@H]1O. The highest BCUT2D eigenvalue weighted by Gasteiger charge is 2.51. The quantitative estimate of drug-likeness (QED) is 0.115. The van der Waals surface area contributed by atoms with Crippen LogP contribution in [0.15, 0.2) is 83.1 Å². The largest absolute Gasteiger partial charge is 0.393 e. The summed E-state index contributed by atoms with van der Waals surface area (Å²) < 4.78 is 0. The topological polar surface area (TPSA) is 121 Å². The van der Waals surface area contributed by atoms with Crippen LogP contribution >= 0.6 is 0 Å². The first-order chi connectivity index (χ1) is 28.4. The fraction of sp³-hybridized carbons (Fsp3) is 0.745. The molecule has 6 saturated carbocycles. The van der Waals surface area contributed by atoms with Crippen LogP contribution in [0.25, 0.3) is 0 Å². The van der Waals surface area contributed by atoms with Gasteiger partial charge in [0, 0.05) is 18.8 Å². The second-order valence-electron chi connectivity index (χ2n) is 22.7. The Bertz CT molecular complexity index is 1680. The molecule has 0 spiro atoms. The van der Waals surface area contributed by atoms with Crippen molar-refractivity contribution in [3.05, 3.63) is 83.1 Å². The maximum Gasteiger partial charge on any atom is 0.0811 e. The summed E-state index contributed by atoms with van der Waals surface area (Å²) in [5.74, 6) is 4.02. The lowest BCUT2D eigenvalue weighted by molar-refractivity contribution is 0.0436. The maximum absolute atomic E-state index is 10.3. The molecule has 6 heteroatoms. The third-order valence-corrected chi connectivity index (χ3v) is 17.2. The Morgan fingerprint density at radius 1 is 0.672 bits per heavy atom. The van der Waals surface area contributed by atoms with Crippen molar-refractivity contribution in [3.8, 4) is 0 Å². The van der Waals surface area contributed by atoms with E-state index in [2.05, 4.69) is 84.2 Å². The monoisotopic (exact) mass is 845 g/mol. The Kier molecular flexibility index (Phi) is 16.7. The Labute approximate surface area is 371 Å². The summed E-state index contributed by atoms with van der Waals surface area (Å²) in [6.45, 7) is 27.6.